The van der Waals surface area contributed by atoms with Gasteiger partial charge in [-0.1, -0.05) is 69.3 Å². The molecule has 0 amide bonds. The highest BCUT2D eigenvalue weighted by atomic mass is 16.5. The van der Waals surface area contributed by atoms with Gasteiger partial charge in [-0.3, -0.25) is 18.7 Å². The van der Waals surface area contributed by atoms with Crippen LogP contribution < -0.4 is 4.74 Å². The molecule has 7 heteroatoms. The molecule has 0 radical (unpaired) electrons. The summed E-state index contributed by atoms with van der Waals surface area (Å²) in [6, 6.07) is 46.5. The minimum absolute atomic E-state index is 0.0733. The minimum Gasteiger partial charge on any atom is -0.457 e. The maximum atomic E-state index is 6.71. The van der Waals surface area contributed by atoms with Crippen molar-refractivity contribution >= 4 is 43.6 Å². The second-order valence-electron chi connectivity index (χ2n) is 14.7. The zero-order valence-corrected chi connectivity index (χ0v) is 30.2. The molecule has 5 heterocycles. The van der Waals surface area contributed by atoms with Gasteiger partial charge in [0.1, 0.15) is 17.3 Å². The van der Waals surface area contributed by atoms with E-state index < -0.39 is 0 Å². The summed E-state index contributed by atoms with van der Waals surface area (Å²) in [7, 11) is 0. The zero-order valence-electron chi connectivity index (χ0n) is 30.2. The first-order valence-electron chi connectivity index (χ1n) is 18.2. The van der Waals surface area contributed by atoms with Crippen LogP contribution in [0.2, 0.25) is 0 Å². The molecule has 0 aliphatic carbocycles. The lowest BCUT2D eigenvalue weighted by atomic mass is 9.87. The second-order valence-corrected chi connectivity index (χ2v) is 14.7. The molecule has 0 bridgehead atoms. The van der Waals surface area contributed by atoms with Crippen molar-refractivity contribution in [2.75, 3.05) is 0 Å². The lowest BCUT2D eigenvalue weighted by Gasteiger charge is -2.19. The summed E-state index contributed by atoms with van der Waals surface area (Å²) in [5.74, 6) is 3.13. The zero-order chi connectivity index (χ0) is 36.4. The Kier molecular flexibility index (Phi) is 7.23. The Hall–Kier alpha value is -6.99. The highest BCUT2D eigenvalue weighted by molar-refractivity contribution is 6.10. The summed E-state index contributed by atoms with van der Waals surface area (Å²) in [6.07, 6.45) is 9.42. The molecule has 0 unspecified atom stereocenters. The van der Waals surface area contributed by atoms with Crippen LogP contribution in [0, 0.1) is 0 Å². The summed E-state index contributed by atoms with van der Waals surface area (Å²) in [6.45, 7) is 6.71. The Labute approximate surface area is 312 Å². The van der Waals surface area contributed by atoms with Crippen LogP contribution in [0.4, 0.5) is 0 Å². The molecule has 0 fully saturated rings. The number of hydrogen-bond donors (Lipinski definition) is 0. The van der Waals surface area contributed by atoms with Gasteiger partial charge in [0.25, 0.3) is 0 Å². The molecule has 0 saturated carbocycles. The third kappa shape index (κ3) is 5.24. The number of hydrogen-bond acceptors (Lipinski definition) is 4. The van der Waals surface area contributed by atoms with Gasteiger partial charge in [-0.25, -0.2) is 9.97 Å². The summed E-state index contributed by atoms with van der Waals surface area (Å²) in [4.78, 5) is 14.0. The van der Waals surface area contributed by atoms with Gasteiger partial charge in [-0.2, -0.15) is 0 Å². The number of ether oxygens (including phenoxy) is 1. The van der Waals surface area contributed by atoms with Crippen LogP contribution in [0.15, 0.2) is 164 Å². The van der Waals surface area contributed by atoms with Gasteiger partial charge in [0.2, 0.25) is 5.95 Å². The van der Waals surface area contributed by atoms with E-state index in [-0.39, 0.29) is 5.41 Å². The number of aromatic nitrogens is 6. The molecule has 7 nitrogen and oxygen atoms in total. The van der Waals surface area contributed by atoms with Crippen molar-refractivity contribution in [1.82, 2.24) is 28.7 Å². The second kappa shape index (κ2) is 12.3. The summed E-state index contributed by atoms with van der Waals surface area (Å²) in [5.41, 5.74) is 8.74. The van der Waals surface area contributed by atoms with Crippen LogP contribution in [0.3, 0.4) is 0 Å². The predicted molar refractivity (Wildman–Crippen MR) is 218 cm³/mol. The Balaban J connectivity index is 1.07. The molecule has 0 N–H and O–H groups in total. The van der Waals surface area contributed by atoms with Gasteiger partial charge in [-0.05, 0) is 89.3 Å². The maximum Gasteiger partial charge on any atom is 0.219 e. The third-order valence-corrected chi connectivity index (χ3v) is 10.3. The minimum atomic E-state index is 0.0733. The molecule has 10 aromatic rings. The number of pyridine rings is 2. The highest BCUT2D eigenvalue weighted by Gasteiger charge is 2.19. The Morgan fingerprint density at radius 2 is 1.13 bits per heavy atom. The number of nitrogens with zero attached hydrogens (tertiary/aromatic N) is 6. The van der Waals surface area contributed by atoms with Gasteiger partial charge in [0.05, 0.1) is 22.1 Å². The molecule has 5 aromatic heterocycles. The van der Waals surface area contributed by atoms with E-state index in [0.29, 0.717) is 0 Å². The van der Waals surface area contributed by atoms with Gasteiger partial charge < -0.3 is 4.74 Å². The van der Waals surface area contributed by atoms with Crippen molar-refractivity contribution in [1.29, 1.82) is 0 Å². The van der Waals surface area contributed by atoms with Crippen LogP contribution in [0.25, 0.3) is 72.2 Å². The molecule has 0 atom stereocenters. The molecule has 260 valence electrons. The van der Waals surface area contributed by atoms with Crippen LogP contribution >= 0.6 is 0 Å². The van der Waals surface area contributed by atoms with Gasteiger partial charge in [0.15, 0.2) is 0 Å². The molecule has 54 heavy (non-hydrogen) atoms. The van der Waals surface area contributed by atoms with E-state index in [4.69, 9.17) is 14.7 Å². The van der Waals surface area contributed by atoms with Crippen molar-refractivity contribution in [2.24, 2.45) is 0 Å². The fourth-order valence-corrected chi connectivity index (χ4v) is 7.64. The number of fused-ring (bicyclic) bond motifs is 6. The molecule has 0 spiro atoms. The third-order valence-electron chi connectivity index (χ3n) is 10.3. The average Bonchev–Trinajstić information content (AvgIpc) is 3.90. The Morgan fingerprint density at radius 1 is 0.519 bits per heavy atom. The fraction of sp³-hybridized carbons (Fsp3) is 0.0851. The quantitative estimate of drug-likeness (QED) is 0.173. The predicted octanol–water partition coefficient (Wildman–Crippen LogP) is 11.6. The SMILES string of the molecule is CC(C)(C)c1ccc(-n2ccnc2-n2c3ccccc3c3ccc(Oc4ccc5c6ccccc6n(-c6ccc(-c7ccncc7)cn6)c5c4)cc32)cc1. The van der Waals surface area contributed by atoms with Crippen LogP contribution in [-0.4, -0.2) is 28.7 Å². The van der Waals surface area contributed by atoms with Crippen LogP contribution in [-0.2, 0) is 5.41 Å². The Bertz CT molecular complexity index is 2980. The van der Waals surface area contributed by atoms with E-state index in [2.05, 4.69) is 155 Å². The summed E-state index contributed by atoms with van der Waals surface area (Å²) < 4.78 is 13.3. The smallest absolute Gasteiger partial charge is 0.219 e. The van der Waals surface area contributed by atoms with Crippen LogP contribution in [0.1, 0.15) is 26.3 Å². The lowest BCUT2D eigenvalue weighted by Crippen LogP contribution is -2.11. The molecule has 10 rings (SSSR count). The topological polar surface area (TPSA) is 62.7 Å². The van der Waals surface area contributed by atoms with E-state index in [0.717, 1.165) is 83.7 Å². The first-order valence-corrected chi connectivity index (χ1v) is 18.2. The maximum absolute atomic E-state index is 6.71. The van der Waals surface area contributed by atoms with Crippen molar-refractivity contribution in [3.8, 4) is 40.1 Å². The van der Waals surface area contributed by atoms with E-state index in [1.165, 1.54) is 5.56 Å². The first kappa shape index (κ1) is 31.7. The largest absolute Gasteiger partial charge is 0.457 e. The number of rotatable bonds is 6. The van der Waals surface area contributed by atoms with E-state index in [9.17, 15) is 0 Å². The van der Waals surface area contributed by atoms with Gasteiger partial charge in [0, 0.05) is 75.9 Å². The molecule has 0 aliphatic heterocycles. The average molecular weight is 701 g/mol. The van der Waals surface area contributed by atoms with Crippen molar-refractivity contribution in [3.63, 3.8) is 0 Å². The van der Waals surface area contributed by atoms with Crippen molar-refractivity contribution in [2.45, 2.75) is 26.2 Å². The number of benzene rings is 5. The number of imidazole rings is 1. The monoisotopic (exact) mass is 700 g/mol. The number of para-hydroxylation sites is 2. The fourth-order valence-electron chi connectivity index (χ4n) is 7.64. The molecular weight excluding hydrogens is 665 g/mol. The molecule has 0 saturated heterocycles. The summed E-state index contributed by atoms with van der Waals surface area (Å²) in [5, 5.41) is 4.59. The highest BCUT2D eigenvalue weighted by Crippen LogP contribution is 2.38. The van der Waals surface area contributed by atoms with Gasteiger partial charge >= 0.3 is 0 Å². The first-order chi connectivity index (χ1) is 26.4. The standard InChI is InChI=1S/C47H36N6O/c1-47(2,3)33-13-15-34(16-14-33)51-27-26-49-46(51)53-42-11-7-5-9-38(42)40-20-18-36(29-44(40)53)54-35-17-19-39-37-8-4-6-10-41(37)52(43(39)28-35)45-21-12-32(30-50-45)31-22-24-48-25-23-31/h4-30H,1-3H3. The van der Waals surface area contributed by atoms with E-state index in [1.807, 2.05) is 36.8 Å². The summed E-state index contributed by atoms with van der Waals surface area (Å²) >= 11 is 0. The molecule has 5 aromatic carbocycles. The van der Waals surface area contributed by atoms with Crippen molar-refractivity contribution < 1.29 is 4.74 Å². The Morgan fingerprint density at radius 3 is 1.76 bits per heavy atom. The van der Waals surface area contributed by atoms with Crippen molar-refractivity contribution in [3.05, 3.63) is 170 Å². The van der Waals surface area contributed by atoms with E-state index in [1.54, 1.807) is 12.4 Å². The molecule has 0 aliphatic rings. The van der Waals surface area contributed by atoms with Crippen LogP contribution in [0.5, 0.6) is 11.5 Å². The molecular formula is C47H36N6O. The lowest BCUT2D eigenvalue weighted by molar-refractivity contribution is 0.484. The van der Waals surface area contributed by atoms with E-state index >= 15 is 0 Å². The normalized spacial score (nSPS) is 12.0. The van der Waals surface area contributed by atoms with Gasteiger partial charge in [-0.15, -0.1) is 0 Å².